The standard InChI is InChI=1S/C16H24N2O2/c1-3-9-16(2,20)11-18-15(19)13-6-4-8-14-12(13)7-5-10-17-14/h4,6,8,17,20H,3,5,7,9-11H2,1-2H3,(H,18,19). The number of amides is 1. The van der Waals surface area contributed by atoms with Crippen molar-refractivity contribution in [3.8, 4) is 0 Å². The molecular formula is C16H24N2O2. The van der Waals surface area contributed by atoms with Gasteiger partial charge in [0.15, 0.2) is 0 Å². The highest BCUT2D eigenvalue weighted by Gasteiger charge is 2.22. The molecule has 1 atom stereocenters. The highest BCUT2D eigenvalue weighted by molar-refractivity contribution is 5.97. The Labute approximate surface area is 120 Å². The molecular weight excluding hydrogens is 252 g/mol. The third kappa shape index (κ3) is 3.51. The monoisotopic (exact) mass is 276 g/mol. The summed E-state index contributed by atoms with van der Waals surface area (Å²) < 4.78 is 0. The van der Waals surface area contributed by atoms with Crippen LogP contribution in [0.25, 0.3) is 0 Å². The lowest BCUT2D eigenvalue weighted by atomic mass is 9.96. The Kier molecular flexibility index (Phi) is 4.65. The highest BCUT2D eigenvalue weighted by atomic mass is 16.3. The number of hydrogen-bond donors (Lipinski definition) is 3. The van der Waals surface area contributed by atoms with Gasteiger partial charge < -0.3 is 15.7 Å². The van der Waals surface area contributed by atoms with Gasteiger partial charge in [-0.2, -0.15) is 0 Å². The van der Waals surface area contributed by atoms with Crippen LogP contribution in [0.3, 0.4) is 0 Å². The van der Waals surface area contributed by atoms with Gasteiger partial charge in [-0.25, -0.2) is 0 Å². The Balaban J connectivity index is 2.06. The SMILES string of the molecule is CCCC(C)(O)CNC(=O)c1cccc2c1CCCN2. The average molecular weight is 276 g/mol. The van der Waals surface area contributed by atoms with Crippen molar-refractivity contribution >= 4 is 11.6 Å². The van der Waals surface area contributed by atoms with Crippen LogP contribution >= 0.6 is 0 Å². The van der Waals surface area contributed by atoms with E-state index in [1.807, 2.05) is 25.1 Å². The summed E-state index contributed by atoms with van der Waals surface area (Å²) in [6.07, 6.45) is 3.55. The van der Waals surface area contributed by atoms with Crippen LogP contribution in [0.2, 0.25) is 0 Å². The zero-order chi connectivity index (χ0) is 14.6. The molecule has 0 saturated heterocycles. The van der Waals surface area contributed by atoms with E-state index in [9.17, 15) is 9.90 Å². The first-order valence-electron chi connectivity index (χ1n) is 7.40. The van der Waals surface area contributed by atoms with E-state index < -0.39 is 5.60 Å². The summed E-state index contributed by atoms with van der Waals surface area (Å²) in [7, 11) is 0. The lowest BCUT2D eigenvalue weighted by Crippen LogP contribution is -2.40. The van der Waals surface area contributed by atoms with Crippen LogP contribution in [-0.4, -0.2) is 29.7 Å². The van der Waals surface area contributed by atoms with Crippen molar-refractivity contribution in [1.82, 2.24) is 5.32 Å². The summed E-state index contributed by atoms with van der Waals surface area (Å²) in [5.74, 6) is -0.0954. The summed E-state index contributed by atoms with van der Waals surface area (Å²) in [4.78, 5) is 12.3. The maximum atomic E-state index is 12.3. The molecule has 1 unspecified atom stereocenters. The van der Waals surface area contributed by atoms with Crippen LogP contribution in [0.15, 0.2) is 18.2 Å². The first kappa shape index (κ1) is 14.9. The Morgan fingerprint density at radius 2 is 2.30 bits per heavy atom. The lowest BCUT2D eigenvalue weighted by Gasteiger charge is -2.24. The quantitative estimate of drug-likeness (QED) is 0.773. The minimum Gasteiger partial charge on any atom is -0.388 e. The molecule has 1 aliphatic rings. The van der Waals surface area contributed by atoms with Gasteiger partial charge in [0.1, 0.15) is 0 Å². The van der Waals surface area contributed by atoms with Crippen molar-refractivity contribution in [1.29, 1.82) is 0 Å². The smallest absolute Gasteiger partial charge is 0.251 e. The molecule has 110 valence electrons. The van der Waals surface area contributed by atoms with Gasteiger partial charge in [-0.15, -0.1) is 0 Å². The zero-order valence-corrected chi connectivity index (χ0v) is 12.3. The van der Waals surface area contributed by atoms with E-state index >= 15 is 0 Å². The van der Waals surface area contributed by atoms with Gasteiger partial charge in [0, 0.05) is 24.3 Å². The van der Waals surface area contributed by atoms with E-state index in [1.54, 1.807) is 6.92 Å². The molecule has 0 radical (unpaired) electrons. The second-order valence-electron chi connectivity index (χ2n) is 5.79. The molecule has 1 heterocycles. The van der Waals surface area contributed by atoms with Crippen molar-refractivity contribution in [3.63, 3.8) is 0 Å². The maximum Gasteiger partial charge on any atom is 0.251 e. The fraction of sp³-hybridized carbons (Fsp3) is 0.562. The molecule has 0 aliphatic carbocycles. The molecule has 1 amide bonds. The molecule has 3 N–H and O–H groups in total. The number of carbonyl (C=O) groups excluding carboxylic acids is 1. The number of nitrogens with one attached hydrogen (secondary N) is 2. The van der Waals surface area contributed by atoms with Crippen LogP contribution in [0, 0.1) is 0 Å². The predicted octanol–water partition coefficient (Wildman–Crippen LogP) is 2.33. The molecule has 0 bridgehead atoms. The van der Waals surface area contributed by atoms with E-state index in [0.29, 0.717) is 6.42 Å². The molecule has 4 heteroatoms. The van der Waals surface area contributed by atoms with Crippen molar-refractivity contribution < 1.29 is 9.90 Å². The normalized spacial score (nSPS) is 16.8. The van der Waals surface area contributed by atoms with Crippen LogP contribution in [0.4, 0.5) is 5.69 Å². The zero-order valence-electron chi connectivity index (χ0n) is 12.3. The third-order valence-electron chi connectivity index (χ3n) is 3.76. The van der Waals surface area contributed by atoms with Gasteiger partial charge in [-0.3, -0.25) is 4.79 Å². The second kappa shape index (κ2) is 6.27. The molecule has 1 aliphatic heterocycles. The van der Waals surface area contributed by atoms with E-state index in [1.165, 1.54) is 0 Å². The molecule has 0 saturated carbocycles. The summed E-state index contributed by atoms with van der Waals surface area (Å²) in [6.45, 7) is 5.04. The number of benzene rings is 1. The summed E-state index contributed by atoms with van der Waals surface area (Å²) in [5, 5.41) is 16.3. The fourth-order valence-electron chi connectivity index (χ4n) is 2.72. The van der Waals surface area contributed by atoms with Crippen molar-refractivity contribution in [2.75, 3.05) is 18.4 Å². The summed E-state index contributed by atoms with van der Waals surface area (Å²) in [5.41, 5.74) is 2.04. The molecule has 4 nitrogen and oxygen atoms in total. The van der Waals surface area contributed by atoms with Crippen LogP contribution in [0.5, 0.6) is 0 Å². The van der Waals surface area contributed by atoms with E-state index in [2.05, 4.69) is 10.6 Å². The van der Waals surface area contributed by atoms with E-state index in [-0.39, 0.29) is 12.5 Å². The number of hydrogen-bond acceptors (Lipinski definition) is 3. The molecule has 1 aromatic rings. The van der Waals surface area contributed by atoms with Gasteiger partial charge >= 0.3 is 0 Å². The lowest BCUT2D eigenvalue weighted by molar-refractivity contribution is 0.0469. The Morgan fingerprint density at radius 1 is 1.50 bits per heavy atom. The largest absolute Gasteiger partial charge is 0.388 e. The Morgan fingerprint density at radius 3 is 3.05 bits per heavy atom. The molecule has 0 spiro atoms. The van der Waals surface area contributed by atoms with Gasteiger partial charge in [-0.1, -0.05) is 19.4 Å². The molecule has 2 rings (SSSR count). The van der Waals surface area contributed by atoms with Crippen molar-refractivity contribution in [2.45, 2.75) is 45.1 Å². The maximum absolute atomic E-state index is 12.3. The minimum absolute atomic E-state index is 0.0954. The number of carbonyl (C=O) groups is 1. The third-order valence-corrected chi connectivity index (χ3v) is 3.76. The molecule has 0 aromatic heterocycles. The minimum atomic E-state index is -0.836. The van der Waals surface area contributed by atoms with E-state index in [4.69, 9.17) is 0 Å². The van der Waals surface area contributed by atoms with Gasteiger partial charge in [0.2, 0.25) is 0 Å². The van der Waals surface area contributed by atoms with Gasteiger partial charge in [-0.05, 0) is 43.9 Å². The number of rotatable bonds is 5. The van der Waals surface area contributed by atoms with Gasteiger partial charge in [0.05, 0.1) is 5.60 Å². The number of anilines is 1. The first-order valence-corrected chi connectivity index (χ1v) is 7.40. The number of fused-ring (bicyclic) bond motifs is 1. The molecule has 1 aromatic carbocycles. The van der Waals surface area contributed by atoms with Crippen LogP contribution < -0.4 is 10.6 Å². The van der Waals surface area contributed by atoms with E-state index in [0.717, 1.165) is 42.6 Å². The van der Waals surface area contributed by atoms with Gasteiger partial charge in [0.25, 0.3) is 5.91 Å². The summed E-state index contributed by atoms with van der Waals surface area (Å²) >= 11 is 0. The Bertz CT molecular complexity index is 483. The summed E-state index contributed by atoms with van der Waals surface area (Å²) in [6, 6.07) is 5.77. The first-order chi connectivity index (χ1) is 9.53. The predicted molar refractivity (Wildman–Crippen MR) is 81.1 cm³/mol. The second-order valence-corrected chi connectivity index (χ2v) is 5.79. The number of aliphatic hydroxyl groups is 1. The molecule has 0 fully saturated rings. The average Bonchev–Trinajstić information content (AvgIpc) is 2.44. The van der Waals surface area contributed by atoms with Crippen LogP contribution in [0.1, 0.15) is 49.0 Å². The molecule has 20 heavy (non-hydrogen) atoms. The van der Waals surface area contributed by atoms with Crippen LogP contribution in [-0.2, 0) is 6.42 Å². The Hall–Kier alpha value is -1.55. The van der Waals surface area contributed by atoms with Crippen molar-refractivity contribution in [3.05, 3.63) is 29.3 Å². The topological polar surface area (TPSA) is 61.4 Å². The van der Waals surface area contributed by atoms with Crippen molar-refractivity contribution in [2.24, 2.45) is 0 Å². The highest BCUT2D eigenvalue weighted by Crippen LogP contribution is 2.25. The fourth-order valence-corrected chi connectivity index (χ4v) is 2.72.